The van der Waals surface area contributed by atoms with E-state index < -0.39 is 0 Å². The van der Waals surface area contributed by atoms with Crippen molar-refractivity contribution in [2.45, 2.75) is 13.0 Å². The number of carbonyl (C=O) groups is 1. The number of nitrogens with zero attached hydrogens (tertiary/aromatic N) is 1. The molecule has 2 aliphatic rings. The number of hydrogen-bond acceptors (Lipinski definition) is 1. The fourth-order valence-electron chi connectivity index (χ4n) is 4.68. The molecule has 2 aromatic carbocycles. The van der Waals surface area contributed by atoms with Gasteiger partial charge in [-0.25, -0.2) is 0 Å². The number of allylic oxidation sites excluding steroid dienone is 2. The summed E-state index contributed by atoms with van der Waals surface area (Å²) in [5.74, 6) is 0.0300. The molecule has 4 heteroatoms. The number of aryl methyl sites for hydroxylation is 1. The van der Waals surface area contributed by atoms with Crippen molar-refractivity contribution in [1.82, 2.24) is 14.9 Å². The molecule has 4 nitrogen and oxygen atoms in total. The van der Waals surface area contributed by atoms with Crippen molar-refractivity contribution in [1.29, 1.82) is 0 Å². The van der Waals surface area contributed by atoms with E-state index in [0.29, 0.717) is 6.54 Å². The Morgan fingerprint density at radius 3 is 2.85 bits per heavy atom. The normalized spacial score (nSPS) is 15.7. The van der Waals surface area contributed by atoms with Gasteiger partial charge in [-0.05, 0) is 24.1 Å². The highest BCUT2D eigenvalue weighted by molar-refractivity contribution is 6.27. The molecule has 0 atom stereocenters. The molecular weight excluding hydrogens is 322 g/mol. The zero-order valence-corrected chi connectivity index (χ0v) is 14.4. The molecule has 1 aliphatic heterocycles. The number of rotatable bonds is 0. The van der Waals surface area contributed by atoms with E-state index in [1.807, 2.05) is 12.1 Å². The van der Waals surface area contributed by atoms with Crippen LogP contribution in [0.1, 0.15) is 33.6 Å². The van der Waals surface area contributed by atoms with Crippen molar-refractivity contribution in [2.75, 3.05) is 0 Å². The summed E-state index contributed by atoms with van der Waals surface area (Å²) < 4.78 is 2.26. The highest BCUT2D eigenvalue weighted by Crippen LogP contribution is 2.43. The van der Waals surface area contributed by atoms with E-state index in [9.17, 15) is 4.79 Å². The zero-order valence-electron chi connectivity index (χ0n) is 14.4. The number of H-pyrrole nitrogens is 1. The first-order valence-corrected chi connectivity index (χ1v) is 8.94. The summed E-state index contributed by atoms with van der Waals surface area (Å²) >= 11 is 0. The average Bonchev–Trinajstić information content (AvgIpc) is 3.21. The van der Waals surface area contributed by atoms with Crippen LogP contribution in [0.3, 0.4) is 0 Å². The topological polar surface area (TPSA) is 49.8 Å². The molecule has 126 valence electrons. The molecule has 3 heterocycles. The maximum atomic E-state index is 12.7. The van der Waals surface area contributed by atoms with Crippen LogP contribution in [0.4, 0.5) is 0 Å². The fraction of sp³-hybridized carbons (Fsp3) is 0.136. The lowest BCUT2D eigenvalue weighted by molar-refractivity contribution is 0.0967. The second kappa shape index (κ2) is 4.67. The maximum absolute atomic E-state index is 12.7. The van der Waals surface area contributed by atoms with Crippen LogP contribution in [0.5, 0.6) is 0 Å². The molecule has 0 saturated heterocycles. The quantitative estimate of drug-likeness (QED) is 0.487. The highest BCUT2D eigenvalue weighted by Gasteiger charge is 2.30. The Hall–Kier alpha value is -3.27. The van der Waals surface area contributed by atoms with E-state index in [2.05, 4.69) is 58.4 Å². The molecule has 0 bridgehead atoms. The average molecular weight is 339 g/mol. The van der Waals surface area contributed by atoms with Crippen LogP contribution in [-0.4, -0.2) is 15.5 Å². The summed E-state index contributed by atoms with van der Waals surface area (Å²) in [4.78, 5) is 16.3. The van der Waals surface area contributed by atoms with Gasteiger partial charge in [0, 0.05) is 46.5 Å². The Morgan fingerprint density at radius 2 is 1.92 bits per heavy atom. The first kappa shape index (κ1) is 14.0. The summed E-state index contributed by atoms with van der Waals surface area (Å²) in [7, 11) is 2.12. The van der Waals surface area contributed by atoms with Crippen molar-refractivity contribution in [3.8, 4) is 0 Å². The summed E-state index contributed by atoms with van der Waals surface area (Å²) in [5.41, 5.74) is 7.66. The number of benzene rings is 2. The van der Waals surface area contributed by atoms with Crippen molar-refractivity contribution >= 4 is 50.8 Å². The largest absolute Gasteiger partial charge is 0.353 e. The number of aromatic amines is 1. The number of carbonyl (C=O) groups excluding carboxylic acids is 1. The zero-order chi connectivity index (χ0) is 17.4. The summed E-state index contributed by atoms with van der Waals surface area (Å²) in [6.07, 6.45) is 9.71. The van der Waals surface area contributed by atoms with E-state index in [0.717, 1.165) is 39.4 Å². The molecule has 0 spiro atoms. The van der Waals surface area contributed by atoms with Gasteiger partial charge < -0.3 is 14.9 Å². The molecule has 6 rings (SSSR count). The number of fused-ring (bicyclic) bond motifs is 10. The van der Waals surface area contributed by atoms with Gasteiger partial charge in [-0.3, -0.25) is 4.79 Å². The van der Waals surface area contributed by atoms with Crippen molar-refractivity contribution in [3.63, 3.8) is 0 Å². The molecule has 4 aromatic rings. The Bertz CT molecular complexity index is 1330. The third-order valence-corrected chi connectivity index (χ3v) is 5.76. The fourth-order valence-corrected chi connectivity index (χ4v) is 4.68. The molecule has 0 saturated carbocycles. The van der Waals surface area contributed by atoms with E-state index in [1.165, 1.54) is 22.2 Å². The Balaban J connectivity index is 1.97. The van der Waals surface area contributed by atoms with Gasteiger partial charge in [0.1, 0.15) is 0 Å². The third kappa shape index (κ3) is 1.53. The van der Waals surface area contributed by atoms with Gasteiger partial charge in [-0.2, -0.15) is 0 Å². The van der Waals surface area contributed by atoms with E-state index in [4.69, 9.17) is 0 Å². The van der Waals surface area contributed by atoms with Gasteiger partial charge in [0.15, 0.2) is 0 Å². The first-order chi connectivity index (χ1) is 12.8. The van der Waals surface area contributed by atoms with Crippen LogP contribution in [-0.2, 0) is 13.6 Å². The molecule has 26 heavy (non-hydrogen) atoms. The maximum Gasteiger partial charge on any atom is 0.252 e. The highest BCUT2D eigenvalue weighted by atomic mass is 16.1. The molecule has 0 fully saturated rings. The second-order valence-electron chi connectivity index (χ2n) is 7.08. The number of para-hydroxylation sites is 1. The summed E-state index contributed by atoms with van der Waals surface area (Å²) in [6.45, 7) is 0.591. The smallest absolute Gasteiger partial charge is 0.252 e. The van der Waals surface area contributed by atoms with Crippen LogP contribution in [0, 0.1) is 0 Å². The standard InChI is InChI=1S/C22H17N3O/c1-25-16-10-4-2-3-8-13(16)17-14-11-23-22(26)19(14)18-12-7-5-6-9-15(12)24-20(18)21(17)25/h3-10,24H,2,11H2,1H3,(H,23,26). The number of nitrogens with one attached hydrogen (secondary N) is 2. The van der Waals surface area contributed by atoms with Gasteiger partial charge >= 0.3 is 0 Å². The van der Waals surface area contributed by atoms with Gasteiger partial charge in [0.2, 0.25) is 0 Å². The minimum absolute atomic E-state index is 0.0300. The molecule has 1 aliphatic carbocycles. The van der Waals surface area contributed by atoms with E-state index in [-0.39, 0.29) is 5.91 Å². The Labute approximate surface area is 149 Å². The lowest BCUT2D eigenvalue weighted by Gasteiger charge is -2.06. The van der Waals surface area contributed by atoms with Gasteiger partial charge in [-0.15, -0.1) is 0 Å². The minimum Gasteiger partial charge on any atom is -0.353 e. The summed E-state index contributed by atoms with van der Waals surface area (Å²) in [6, 6.07) is 8.24. The molecule has 0 radical (unpaired) electrons. The van der Waals surface area contributed by atoms with Crippen LogP contribution in [0.2, 0.25) is 0 Å². The lowest BCUT2D eigenvalue weighted by Crippen LogP contribution is -2.12. The van der Waals surface area contributed by atoms with Crippen LogP contribution >= 0.6 is 0 Å². The van der Waals surface area contributed by atoms with Crippen molar-refractivity contribution in [2.24, 2.45) is 7.05 Å². The second-order valence-corrected chi connectivity index (χ2v) is 7.08. The Morgan fingerprint density at radius 1 is 1.08 bits per heavy atom. The van der Waals surface area contributed by atoms with E-state index >= 15 is 0 Å². The Kier molecular flexibility index (Phi) is 2.51. The summed E-state index contributed by atoms with van der Waals surface area (Å²) in [5, 5.41) is 6.40. The lowest BCUT2D eigenvalue weighted by atomic mass is 9.96. The van der Waals surface area contributed by atoms with Crippen molar-refractivity contribution in [3.05, 3.63) is 58.8 Å². The van der Waals surface area contributed by atoms with Crippen LogP contribution in [0.25, 0.3) is 44.9 Å². The molecule has 1 amide bonds. The number of aromatic nitrogens is 2. The molecule has 2 aromatic heterocycles. The van der Waals surface area contributed by atoms with E-state index in [1.54, 1.807) is 0 Å². The van der Waals surface area contributed by atoms with Gasteiger partial charge in [0.25, 0.3) is 5.91 Å². The predicted octanol–water partition coefficient (Wildman–Crippen LogP) is 4.49. The minimum atomic E-state index is 0.0300. The van der Waals surface area contributed by atoms with Crippen LogP contribution in [0.15, 0.2) is 36.4 Å². The monoisotopic (exact) mass is 339 g/mol. The number of amides is 1. The first-order valence-electron chi connectivity index (χ1n) is 8.94. The molecular formula is C22H17N3O. The third-order valence-electron chi connectivity index (χ3n) is 5.76. The predicted molar refractivity (Wildman–Crippen MR) is 106 cm³/mol. The van der Waals surface area contributed by atoms with Gasteiger partial charge in [-0.1, -0.05) is 36.4 Å². The SMILES string of the molecule is Cn1c2c(c3c4c(c5c6ccccc6[nH]c5c31)C(=O)NC4)C=CCC=C2. The van der Waals surface area contributed by atoms with Gasteiger partial charge in [0.05, 0.1) is 16.6 Å². The molecule has 2 N–H and O–H groups in total. The van der Waals surface area contributed by atoms with Crippen molar-refractivity contribution < 1.29 is 4.79 Å². The van der Waals surface area contributed by atoms with Crippen LogP contribution < -0.4 is 5.32 Å². The number of hydrogen-bond donors (Lipinski definition) is 2. The molecule has 0 unspecified atom stereocenters.